The number of nitrogens with zero attached hydrogens (tertiary/aromatic N) is 4. The quantitative estimate of drug-likeness (QED) is 0.248. The number of benzene rings is 2. The van der Waals surface area contributed by atoms with Crippen LogP contribution in [0, 0.1) is 23.2 Å². The normalized spacial score (nSPS) is 13.1. The Morgan fingerprint density at radius 3 is 2.45 bits per heavy atom. The van der Waals surface area contributed by atoms with Gasteiger partial charge in [-0.15, -0.1) is 0 Å². The molecule has 2 aromatic carbocycles. The number of fused-ring (bicyclic) bond motifs is 1. The number of aromatic nitrogens is 2. The first kappa shape index (κ1) is 25.7. The summed E-state index contributed by atoms with van der Waals surface area (Å²) in [7, 11) is 1.54. The molecule has 0 aliphatic carbocycles. The third-order valence-corrected chi connectivity index (χ3v) is 6.99. The fourth-order valence-electron chi connectivity index (χ4n) is 4.37. The van der Waals surface area contributed by atoms with Crippen molar-refractivity contribution in [2.45, 2.75) is 20.4 Å². The lowest BCUT2D eigenvalue weighted by atomic mass is 10.1. The Morgan fingerprint density at radius 2 is 1.76 bits per heavy atom. The van der Waals surface area contributed by atoms with Crippen LogP contribution in [0.15, 0.2) is 84.1 Å². The van der Waals surface area contributed by atoms with Crippen LogP contribution in [-0.4, -0.2) is 20.4 Å². The van der Waals surface area contributed by atoms with Gasteiger partial charge in [0, 0.05) is 34.6 Å². The van der Waals surface area contributed by atoms with Gasteiger partial charge < -0.3 is 4.74 Å². The monoisotopic (exact) mass is 622 g/mol. The third-order valence-electron chi connectivity index (χ3n) is 6.32. The Labute approximate surface area is 232 Å². The molecule has 0 bridgehead atoms. The summed E-state index contributed by atoms with van der Waals surface area (Å²) in [6.45, 7) is 8.16. The zero-order valence-electron chi connectivity index (χ0n) is 21.0. The van der Waals surface area contributed by atoms with E-state index in [0.29, 0.717) is 15.0 Å². The minimum absolute atomic E-state index is 0.0658. The van der Waals surface area contributed by atoms with Gasteiger partial charge in [0.1, 0.15) is 34.5 Å². The molecule has 0 N–H and O–H groups in total. The van der Waals surface area contributed by atoms with Gasteiger partial charge in [-0.2, -0.15) is 0 Å². The standard InChI is InChI=1S/C29H24FIN4O3/c1-17-5-7-20(8-6-17)16-34-19(3)35(24-10-9-21(31)14-23(24)30)28-27(29(34)37)25(15-26(36)33(28)4)38-22-11-12-32-18(2)13-22/h5-15H,3,16H2,1-2,4H3. The lowest BCUT2D eigenvalue weighted by molar-refractivity contribution is 0.0781. The molecule has 4 aromatic rings. The van der Waals surface area contributed by atoms with Crippen molar-refractivity contribution in [3.63, 3.8) is 0 Å². The largest absolute Gasteiger partial charge is 0.456 e. The van der Waals surface area contributed by atoms with Crippen molar-refractivity contribution in [1.29, 1.82) is 0 Å². The molecule has 0 atom stereocenters. The molecule has 192 valence electrons. The van der Waals surface area contributed by atoms with Crippen LogP contribution in [0.2, 0.25) is 0 Å². The number of carbonyl (C=O) groups is 1. The number of hydrogen-bond donors (Lipinski definition) is 0. The molecule has 0 saturated carbocycles. The van der Waals surface area contributed by atoms with Crippen molar-refractivity contribution < 1.29 is 13.9 Å². The Balaban J connectivity index is 1.74. The van der Waals surface area contributed by atoms with E-state index in [1.165, 1.54) is 33.5 Å². The van der Waals surface area contributed by atoms with Gasteiger partial charge in [0.15, 0.2) is 0 Å². The molecule has 0 saturated heterocycles. The van der Waals surface area contributed by atoms with Crippen LogP contribution in [0.25, 0.3) is 0 Å². The number of hydrogen-bond acceptors (Lipinski definition) is 5. The highest BCUT2D eigenvalue weighted by Crippen LogP contribution is 2.43. The molecule has 1 amide bonds. The lowest BCUT2D eigenvalue weighted by Crippen LogP contribution is -2.45. The summed E-state index contributed by atoms with van der Waals surface area (Å²) in [5.74, 6) is -0.0526. The number of anilines is 2. The molecular weight excluding hydrogens is 598 g/mol. The molecule has 7 nitrogen and oxygen atoms in total. The molecule has 0 fully saturated rings. The van der Waals surface area contributed by atoms with Crippen LogP contribution in [-0.2, 0) is 13.6 Å². The number of aryl methyl sites for hydroxylation is 2. The van der Waals surface area contributed by atoms with Gasteiger partial charge in [-0.05, 0) is 66.3 Å². The summed E-state index contributed by atoms with van der Waals surface area (Å²) in [6, 6.07) is 17.1. The fraction of sp³-hybridized carbons (Fsp3) is 0.138. The Hall–Kier alpha value is -3.99. The van der Waals surface area contributed by atoms with E-state index in [0.717, 1.165) is 11.1 Å². The topological polar surface area (TPSA) is 67.7 Å². The Kier molecular flexibility index (Phi) is 6.78. The molecule has 1 aliphatic rings. The Morgan fingerprint density at radius 1 is 1.03 bits per heavy atom. The molecule has 1 aliphatic heterocycles. The lowest BCUT2D eigenvalue weighted by Gasteiger charge is -2.40. The van der Waals surface area contributed by atoms with Crippen LogP contribution in [0.3, 0.4) is 0 Å². The SMILES string of the molecule is C=C1N(Cc2ccc(C)cc2)C(=O)c2c(Oc3ccnc(C)c3)cc(=O)n(C)c2N1c1ccc(I)cc1F. The molecule has 2 aromatic heterocycles. The zero-order chi connectivity index (χ0) is 27.1. The predicted octanol–water partition coefficient (Wildman–Crippen LogP) is 6.20. The highest BCUT2D eigenvalue weighted by Gasteiger charge is 2.39. The van der Waals surface area contributed by atoms with E-state index in [1.807, 2.05) is 60.7 Å². The smallest absolute Gasteiger partial charge is 0.267 e. The van der Waals surface area contributed by atoms with E-state index in [2.05, 4.69) is 11.6 Å². The van der Waals surface area contributed by atoms with Crippen molar-refractivity contribution in [3.8, 4) is 11.5 Å². The van der Waals surface area contributed by atoms with E-state index in [-0.39, 0.29) is 35.2 Å². The second-order valence-electron chi connectivity index (χ2n) is 9.06. The van der Waals surface area contributed by atoms with Crippen LogP contribution >= 0.6 is 22.6 Å². The van der Waals surface area contributed by atoms with Crippen molar-refractivity contribution in [3.05, 3.63) is 121 Å². The van der Waals surface area contributed by atoms with Gasteiger partial charge in [-0.3, -0.25) is 28.9 Å². The minimum Gasteiger partial charge on any atom is -0.456 e. The average Bonchev–Trinajstić information content (AvgIpc) is 2.86. The van der Waals surface area contributed by atoms with Crippen LogP contribution in [0.1, 0.15) is 27.2 Å². The summed E-state index contributed by atoms with van der Waals surface area (Å²) in [4.78, 5) is 34.3. The van der Waals surface area contributed by atoms with Crippen LogP contribution < -0.4 is 15.2 Å². The second kappa shape index (κ2) is 10.1. The number of ether oxygens (including phenoxy) is 1. The molecule has 0 unspecified atom stereocenters. The number of pyridine rings is 2. The summed E-state index contributed by atoms with van der Waals surface area (Å²) in [6.07, 6.45) is 1.58. The molecule has 5 rings (SSSR count). The van der Waals surface area contributed by atoms with Gasteiger partial charge in [-0.25, -0.2) is 4.39 Å². The maximum absolute atomic E-state index is 15.4. The number of carbonyl (C=O) groups excluding carboxylic acids is 1. The summed E-state index contributed by atoms with van der Waals surface area (Å²) in [5, 5.41) is 0. The summed E-state index contributed by atoms with van der Waals surface area (Å²) in [5.41, 5.74) is 2.53. The molecule has 3 heterocycles. The van der Waals surface area contributed by atoms with Gasteiger partial charge >= 0.3 is 0 Å². The zero-order valence-corrected chi connectivity index (χ0v) is 23.2. The van der Waals surface area contributed by atoms with Crippen molar-refractivity contribution >= 4 is 40.0 Å². The van der Waals surface area contributed by atoms with Gasteiger partial charge in [0.25, 0.3) is 11.5 Å². The van der Waals surface area contributed by atoms with Crippen molar-refractivity contribution in [2.24, 2.45) is 7.05 Å². The highest BCUT2D eigenvalue weighted by molar-refractivity contribution is 14.1. The second-order valence-corrected chi connectivity index (χ2v) is 10.3. The van der Waals surface area contributed by atoms with Gasteiger partial charge in [0.2, 0.25) is 0 Å². The highest BCUT2D eigenvalue weighted by atomic mass is 127. The first-order valence-corrected chi connectivity index (χ1v) is 12.9. The summed E-state index contributed by atoms with van der Waals surface area (Å²) < 4.78 is 23.5. The van der Waals surface area contributed by atoms with Gasteiger partial charge in [0.05, 0.1) is 12.2 Å². The molecule has 38 heavy (non-hydrogen) atoms. The minimum atomic E-state index is -0.517. The van der Waals surface area contributed by atoms with Gasteiger partial charge in [-0.1, -0.05) is 36.4 Å². The first-order valence-electron chi connectivity index (χ1n) is 11.8. The summed E-state index contributed by atoms with van der Waals surface area (Å²) >= 11 is 2.03. The van der Waals surface area contributed by atoms with E-state index in [9.17, 15) is 9.59 Å². The number of halogens is 2. The van der Waals surface area contributed by atoms with Crippen molar-refractivity contribution in [2.75, 3.05) is 4.90 Å². The molecular formula is C29H24FIN4O3. The maximum atomic E-state index is 15.4. The van der Waals surface area contributed by atoms with Crippen LogP contribution in [0.4, 0.5) is 15.9 Å². The van der Waals surface area contributed by atoms with E-state index < -0.39 is 17.3 Å². The predicted molar refractivity (Wildman–Crippen MR) is 152 cm³/mol. The molecule has 9 heteroatoms. The molecule has 0 radical (unpaired) electrons. The first-order chi connectivity index (χ1) is 18.1. The van der Waals surface area contributed by atoms with E-state index in [1.54, 1.807) is 30.5 Å². The molecule has 0 spiro atoms. The fourth-order valence-corrected chi connectivity index (χ4v) is 4.82. The van der Waals surface area contributed by atoms with E-state index >= 15 is 4.39 Å². The average molecular weight is 622 g/mol. The number of amides is 1. The Bertz CT molecular complexity index is 1650. The van der Waals surface area contributed by atoms with E-state index in [4.69, 9.17) is 4.74 Å². The van der Waals surface area contributed by atoms with Crippen LogP contribution in [0.5, 0.6) is 11.5 Å². The maximum Gasteiger partial charge on any atom is 0.267 e. The van der Waals surface area contributed by atoms with Crippen molar-refractivity contribution in [1.82, 2.24) is 14.5 Å². The number of rotatable bonds is 5. The third kappa shape index (κ3) is 4.69.